The minimum absolute atomic E-state index is 0. The zero-order valence-corrected chi connectivity index (χ0v) is 18.9. The molecule has 0 aliphatic carbocycles. The van der Waals surface area contributed by atoms with Crippen LogP contribution in [-0.4, -0.2) is 41.7 Å². The summed E-state index contributed by atoms with van der Waals surface area (Å²) in [6.45, 7) is 7.50. The van der Waals surface area contributed by atoms with Gasteiger partial charge in [-0.15, -0.1) is 24.0 Å². The first-order valence-electron chi connectivity index (χ1n) is 9.65. The van der Waals surface area contributed by atoms with Gasteiger partial charge in [0.05, 0.1) is 6.54 Å². The Kier molecular flexibility index (Phi) is 8.82. The third-order valence-corrected chi connectivity index (χ3v) is 4.73. The number of nitrogens with zero attached hydrogens (tertiary/aromatic N) is 3. The molecule has 2 aromatic rings. The Morgan fingerprint density at radius 2 is 1.89 bits per heavy atom. The monoisotopic (exact) mass is 495 g/mol. The molecule has 1 saturated heterocycles. The van der Waals surface area contributed by atoms with Crippen molar-refractivity contribution >= 4 is 35.8 Å². The molecule has 0 spiro atoms. The number of anilines is 1. The first-order chi connectivity index (χ1) is 13.1. The molecule has 0 unspecified atom stereocenters. The lowest BCUT2D eigenvalue weighted by molar-refractivity contribution is 0.459. The highest BCUT2D eigenvalue weighted by atomic mass is 127. The summed E-state index contributed by atoms with van der Waals surface area (Å²) < 4.78 is 0. The molecule has 1 aliphatic rings. The molecular formula is C21H30IN5O. The van der Waals surface area contributed by atoms with E-state index in [0.29, 0.717) is 12.6 Å². The van der Waals surface area contributed by atoms with Crippen LogP contribution in [0.5, 0.6) is 5.75 Å². The first kappa shape index (κ1) is 22.3. The van der Waals surface area contributed by atoms with Gasteiger partial charge in [-0.2, -0.15) is 0 Å². The van der Waals surface area contributed by atoms with Crippen molar-refractivity contribution in [2.75, 3.05) is 24.5 Å². The maximum absolute atomic E-state index is 9.38. The topological polar surface area (TPSA) is 72.8 Å². The fourth-order valence-corrected chi connectivity index (χ4v) is 3.24. The molecule has 1 aromatic carbocycles. The van der Waals surface area contributed by atoms with Crippen LogP contribution >= 0.6 is 24.0 Å². The molecule has 3 N–H and O–H groups in total. The fourth-order valence-electron chi connectivity index (χ4n) is 3.24. The van der Waals surface area contributed by atoms with Gasteiger partial charge in [0, 0.05) is 31.4 Å². The highest BCUT2D eigenvalue weighted by Gasteiger charge is 2.20. The van der Waals surface area contributed by atoms with E-state index in [4.69, 9.17) is 0 Å². The third kappa shape index (κ3) is 6.54. The molecule has 7 heteroatoms. The SMILES string of the molecule is CCNC(=NCc1ccc(O)cc1)NC1CCN(c2cccc(C)n2)CC1.I. The van der Waals surface area contributed by atoms with Crippen LogP contribution in [0, 0.1) is 6.92 Å². The van der Waals surface area contributed by atoms with E-state index in [0.717, 1.165) is 55.5 Å². The Labute approximate surface area is 184 Å². The van der Waals surface area contributed by atoms with E-state index in [1.807, 2.05) is 25.1 Å². The molecule has 2 heterocycles. The smallest absolute Gasteiger partial charge is 0.191 e. The Morgan fingerprint density at radius 3 is 2.54 bits per heavy atom. The number of benzene rings is 1. The second kappa shape index (κ2) is 11.1. The van der Waals surface area contributed by atoms with Crippen LogP contribution in [0.4, 0.5) is 5.82 Å². The van der Waals surface area contributed by atoms with Gasteiger partial charge in [-0.25, -0.2) is 9.98 Å². The van der Waals surface area contributed by atoms with Crippen molar-refractivity contribution in [3.05, 3.63) is 53.7 Å². The summed E-state index contributed by atoms with van der Waals surface area (Å²) in [6.07, 6.45) is 2.11. The van der Waals surface area contributed by atoms with Crippen LogP contribution in [0.1, 0.15) is 31.0 Å². The lowest BCUT2D eigenvalue weighted by Crippen LogP contribution is -2.48. The number of hydrogen-bond donors (Lipinski definition) is 3. The lowest BCUT2D eigenvalue weighted by Gasteiger charge is -2.34. The van der Waals surface area contributed by atoms with Crippen LogP contribution in [0.15, 0.2) is 47.5 Å². The number of phenols is 1. The van der Waals surface area contributed by atoms with Gasteiger partial charge in [-0.3, -0.25) is 0 Å². The number of rotatable bonds is 5. The van der Waals surface area contributed by atoms with Gasteiger partial charge in [0.25, 0.3) is 0 Å². The van der Waals surface area contributed by atoms with Gasteiger partial charge in [-0.05, 0) is 56.5 Å². The van der Waals surface area contributed by atoms with Crippen molar-refractivity contribution < 1.29 is 5.11 Å². The molecule has 0 saturated carbocycles. The van der Waals surface area contributed by atoms with Crippen molar-refractivity contribution in [3.8, 4) is 5.75 Å². The van der Waals surface area contributed by atoms with E-state index < -0.39 is 0 Å². The maximum atomic E-state index is 9.38. The van der Waals surface area contributed by atoms with Crippen LogP contribution in [0.2, 0.25) is 0 Å². The molecule has 1 aliphatic heterocycles. The van der Waals surface area contributed by atoms with Gasteiger partial charge in [0.1, 0.15) is 11.6 Å². The molecule has 0 atom stereocenters. The molecule has 1 fully saturated rings. The molecule has 28 heavy (non-hydrogen) atoms. The highest BCUT2D eigenvalue weighted by molar-refractivity contribution is 14.0. The third-order valence-electron chi connectivity index (χ3n) is 4.73. The van der Waals surface area contributed by atoms with E-state index in [1.165, 1.54) is 0 Å². The number of nitrogens with one attached hydrogen (secondary N) is 2. The molecule has 0 bridgehead atoms. The number of halogens is 1. The predicted molar refractivity (Wildman–Crippen MR) is 126 cm³/mol. The second-order valence-corrected chi connectivity index (χ2v) is 6.90. The van der Waals surface area contributed by atoms with Gasteiger partial charge in [0.15, 0.2) is 5.96 Å². The standard InChI is InChI=1S/C21H29N5O.HI/c1-3-22-21(23-15-17-7-9-19(27)10-8-17)25-18-11-13-26(14-12-18)20-6-4-5-16(2)24-20;/h4-10,18,27H,3,11-15H2,1-2H3,(H2,22,23,25);1H. The van der Waals surface area contributed by atoms with Crippen molar-refractivity contribution in [2.24, 2.45) is 4.99 Å². The minimum Gasteiger partial charge on any atom is -0.508 e. The van der Waals surface area contributed by atoms with Crippen molar-refractivity contribution in [1.29, 1.82) is 0 Å². The lowest BCUT2D eigenvalue weighted by atomic mass is 10.1. The Bertz CT molecular complexity index is 758. The Balaban J connectivity index is 0.00000280. The summed E-state index contributed by atoms with van der Waals surface area (Å²) in [6, 6.07) is 13.8. The molecule has 152 valence electrons. The summed E-state index contributed by atoms with van der Waals surface area (Å²) in [5, 5.41) is 16.3. The highest BCUT2D eigenvalue weighted by Crippen LogP contribution is 2.18. The fraction of sp³-hybridized carbons (Fsp3) is 0.429. The molecule has 6 nitrogen and oxygen atoms in total. The predicted octanol–water partition coefficient (Wildman–Crippen LogP) is 3.44. The summed E-state index contributed by atoms with van der Waals surface area (Å²) >= 11 is 0. The van der Waals surface area contributed by atoms with Crippen LogP contribution in [-0.2, 0) is 6.54 Å². The molecule has 0 amide bonds. The van der Waals surface area contributed by atoms with Crippen LogP contribution in [0.25, 0.3) is 0 Å². The molecule has 3 rings (SSSR count). The number of aromatic hydroxyl groups is 1. The van der Waals surface area contributed by atoms with Crippen molar-refractivity contribution in [1.82, 2.24) is 15.6 Å². The van der Waals surface area contributed by atoms with Crippen molar-refractivity contribution in [2.45, 2.75) is 39.3 Å². The average Bonchev–Trinajstić information content (AvgIpc) is 2.68. The number of pyridine rings is 1. The van der Waals surface area contributed by atoms with Gasteiger partial charge < -0.3 is 20.6 Å². The number of phenolic OH excluding ortho intramolecular Hbond substituents is 1. The number of hydrogen-bond acceptors (Lipinski definition) is 4. The van der Waals surface area contributed by atoms with E-state index in [2.05, 4.69) is 44.6 Å². The zero-order chi connectivity index (χ0) is 19.1. The van der Waals surface area contributed by atoms with E-state index in [-0.39, 0.29) is 29.7 Å². The zero-order valence-electron chi connectivity index (χ0n) is 16.6. The second-order valence-electron chi connectivity index (χ2n) is 6.90. The number of aliphatic imine (C=N–C) groups is 1. The van der Waals surface area contributed by atoms with E-state index in [1.54, 1.807) is 12.1 Å². The summed E-state index contributed by atoms with van der Waals surface area (Å²) in [7, 11) is 0. The summed E-state index contributed by atoms with van der Waals surface area (Å²) in [4.78, 5) is 11.7. The van der Waals surface area contributed by atoms with E-state index in [9.17, 15) is 5.11 Å². The molecular weight excluding hydrogens is 465 g/mol. The Morgan fingerprint density at radius 1 is 1.18 bits per heavy atom. The number of aromatic nitrogens is 1. The Hall–Kier alpha value is -2.03. The van der Waals surface area contributed by atoms with Gasteiger partial charge >= 0.3 is 0 Å². The quantitative estimate of drug-likeness (QED) is 0.337. The number of aryl methyl sites for hydroxylation is 1. The van der Waals surface area contributed by atoms with Crippen molar-refractivity contribution in [3.63, 3.8) is 0 Å². The first-order valence-corrected chi connectivity index (χ1v) is 9.65. The number of piperidine rings is 1. The summed E-state index contributed by atoms with van der Waals surface area (Å²) in [5.41, 5.74) is 2.13. The van der Waals surface area contributed by atoms with Gasteiger partial charge in [-0.1, -0.05) is 18.2 Å². The average molecular weight is 495 g/mol. The van der Waals surface area contributed by atoms with E-state index >= 15 is 0 Å². The molecule has 0 radical (unpaired) electrons. The summed E-state index contributed by atoms with van der Waals surface area (Å²) in [5.74, 6) is 2.20. The van der Waals surface area contributed by atoms with Crippen LogP contribution in [0.3, 0.4) is 0 Å². The minimum atomic E-state index is 0. The number of guanidine groups is 1. The normalized spacial score (nSPS) is 15.1. The maximum Gasteiger partial charge on any atom is 0.191 e. The largest absolute Gasteiger partial charge is 0.508 e. The molecule has 1 aromatic heterocycles. The van der Waals surface area contributed by atoms with Gasteiger partial charge in [0.2, 0.25) is 0 Å². The van der Waals surface area contributed by atoms with Crippen LogP contribution < -0.4 is 15.5 Å².